The molecule has 25 heavy (non-hydrogen) atoms. The molecule has 1 unspecified atom stereocenters. The van der Waals surface area contributed by atoms with Gasteiger partial charge in [-0.25, -0.2) is 4.98 Å². The summed E-state index contributed by atoms with van der Waals surface area (Å²) in [6, 6.07) is 15.5. The van der Waals surface area contributed by atoms with Crippen molar-refractivity contribution in [1.29, 1.82) is 0 Å². The molecular formula is C20H22ClN3O. The molecule has 1 atom stereocenters. The van der Waals surface area contributed by atoms with Gasteiger partial charge in [-0.2, -0.15) is 0 Å². The lowest BCUT2D eigenvalue weighted by atomic mass is 10.0. The highest BCUT2D eigenvalue weighted by molar-refractivity contribution is 6.30. The maximum Gasteiger partial charge on any atom is 0.119 e. The molecular weight excluding hydrogens is 334 g/mol. The average molecular weight is 356 g/mol. The van der Waals surface area contributed by atoms with Crippen molar-refractivity contribution in [3.8, 4) is 5.75 Å². The largest absolute Gasteiger partial charge is 0.490 e. The van der Waals surface area contributed by atoms with E-state index in [0.29, 0.717) is 0 Å². The topological polar surface area (TPSA) is 53.1 Å². The molecule has 0 bridgehead atoms. The summed E-state index contributed by atoms with van der Waals surface area (Å²) >= 11 is 5.98. The third kappa shape index (κ3) is 5.54. The number of ether oxygens (including phenoxy) is 1. The molecule has 0 saturated heterocycles. The van der Waals surface area contributed by atoms with E-state index >= 15 is 0 Å². The summed E-state index contributed by atoms with van der Waals surface area (Å²) in [5, 5.41) is 0.750. The van der Waals surface area contributed by atoms with Crippen LogP contribution in [0, 0.1) is 0 Å². The molecule has 3 aromatic rings. The van der Waals surface area contributed by atoms with Gasteiger partial charge in [0.2, 0.25) is 0 Å². The fourth-order valence-corrected chi connectivity index (χ4v) is 2.87. The summed E-state index contributed by atoms with van der Waals surface area (Å²) in [6.45, 7) is 0.933. The Kier molecular flexibility index (Phi) is 5.96. The van der Waals surface area contributed by atoms with Crippen LogP contribution in [0.15, 0.2) is 67.3 Å². The van der Waals surface area contributed by atoms with Gasteiger partial charge in [-0.15, -0.1) is 0 Å². The van der Waals surface area contributed by atoms with Gasteiger partial charge in [-0.3, -0.25) is 0 Å². The van der Waals surface area contributed by atoms with Crippen molar-refractivity contribution < 1.29 is 4.74 Å². The molecule has 1 aromatic heterocycles. The van der Waals surface area contributed by atoms with Gasteiger partial charge in [0.05, 0.1) is 6.33 Å². The third-order valence-electron chi connectivity index (χ3n) is 4.06. The van der Waals surface area contributed by atoms with Crippen molar-refractivity contribution in [2.45, 2.75) is 31.9 Å². The number of nitrogens with zero attached hydrogens (tertiary/aromatic N) is 2. The van der Waals surface area contributed by atoms with E-state index in [9.17, 15) is 0 Å². The van der Waals surface area contributed by atoms with Crippen LogP contribution in [0.1, 0.15) is 18.4 Å². The van der Waals surface area contributed by atoms with Gasteiger partial charge in [0.25, 0.3) is 0 Å². The molecule has 1 heterocycles. The maximum absolute atomic E-state index is 6.21. The Morgan fingerprint density at radius 1 is 1.08 bits per heavy atom. The average Bonchev–Trinajstić information content (AvgIpc) is 3.12. The second kappa shape index (κ2) is 8.58. The fourth-order valence-electron chi connectivity index (χ4n) is 2.75. The van der Waals surface area contributed by atoms with Gasteiger partial charge in [-0.05, 0) is 54.8 Å². The minimum atomic E-state index is 0.0910. The van der Waals surface area contributed by atoms with Crippen LogP contribution in [-0.4, -0.2) is 15.7 Å². The maximum atomic E-state index is 6.21. The van der Waals surface area contributed by atoms with Crippen LogP contribution in [0.3, 0.4) is 0 Å². The van der Waals surface area contributed by atoms with Crippen LogP contribution in [0.5, 0.6) is 5.75 Å². The summed E-state index contributed by atoms with van der Waals surface area (Å²) in [4.78, 5) is 4.08. The van der Waals surface area contributed by atoms with Crippen molar-refractivity contribution in [3.63, 3.8) is 0 Å². The lowest BCUT2D eigenvalue weighted by molar-refractivity contribution is 0.186. The van der Waals surface area contributed by atoms with Crippen LogP contribution in [0.2, 0.25) is 5.02 Å². The molecule has 4 nitrogen and oxygen atoms in total. The van der Waals surface area contributed by atoms with Crippen molar-refractivity contribution in [1.82, 2.24) is 9.55 Å². The molecule has 0 aliphatic heterocycles. The zero-order valence-corrected chi connectivity index (χ0v) is 14.8. The molecule has 2 N–H and O–H groups in total. The zero-order valence-electron chi connectivity index (χ0n) is 14.0. The molecule has 0 radical (unpaired) electrons. The van der Waals surface area contributed by atoms with Crippen LogP contribution in [-0.2, 0) is 13.0 Å². The summed E-state index contributed by atoms with van der Waals surface area (Å²) in [6.07, 6.45) is 8.52. The lowest BCUT2D eigenvalue weighted by Crippen LogP contribution is -2.20. The summed E-state index contributed by atoms with van der Waals surface area (Å²) in [5.41, 5.74) is 7.71. The molecule has 0 aliphatic carbocycles. The van der Waals surface area contributed by atoms with E-state index in [2.05, 4.69) is 21.7 Å². The fraction of sp³-hybridized carbons (Fsp3) is 0.250. The number of benzene rings is 2. The molecule has 2 aromatic carbocycles. The SMILES string of the molecule is Nc1ccc(OC(CCCn2ccnc2)Cc2ccc(Cl)cc2)cc1. The number of hydrogen-bond acceptors (Lipinski definition) is 3. The van der Waals surface area contributed by atoms with E-state index in [0.717, 1.165) is 42.3 Å². The number of nitrogen functional groups attached to an aromatic ring is 1. The third-order valence-corrected chi connectivity index (χ3v) is 4.31. The number of halogens is 1. The second-order valence-electron chi connectivity index (χ2n) is 6.08. The Morgan fingerprint density at radius 3 is 2.52 bits per heavy atom. The standard InChI is InChI=1S/C20H22ClN3O/c21-17-5-3-16(4-6-17)14-20(2-1-12-24-13-11-23-15-24)25-19-9-7-18(22)8-10-19/h3-11,13,15,20H,1-2,12,14,22H2. The number of hydrogen-bond donors (Lipinski definition) is 1. The number of aromatic nitrogens is 2. The van der Waals surface area contributed by atoms with Crippen LogP contribution in [0.25, 0.3) is 0 Å². The predicted molar refractivity (Wildman–Crippen MR) is 102 cm³/mol. The Hall–Kier alpha value is -2.46. The molecule has 130 valence electrons. The Balaban J connectivity index is 1.63. The lowest BCUT2D eigenvalue weighted by Gasteiger charge is -2.20. The van der Waals surface area contributed by atoms with Gasteiger partial charge in [0.1, 0.15) is 11.9 Å². The van der Waals surface area contributed by atoms with Crippen molar-refractivity contribution in [3.05, 3.63) is 77.8 Å². The van der Waals surface area contributed by atoms with Crippen LogP contribution in [0.4, 0.5) is 5.69 Å². The van der Waals surface area contributed by atoms with Gasteiger partial charge in [-0.1, -0.05) is 23.7 Å². The number of aryl methyl sites for hydroxylation is 1. The molecule has 0 saturated carbocycles. The molecule has 0 spiro atoms. The first kappa shape index (κ1) is 17.4. The minimum Gasteiger partial charge on any atom is -0.490 e. The number of anilines is 1. The molecule has 5 heteroatoms. The molecule has 0 aliphatic rings. The Morgan fingerprint density at radius 2 is 1.84 bits per heavy atom. The first-order valence-corrected chi connectivity index (χ1v) is 8.79. The number of imidazole rings is 1. The van der Waals surface area contributed by atoms with E-state index in [1.54, 1.807) is 6.20 Å². The minimum absolute atomic E-state index is 0.0910. The second-order valence-corrected chi connectivity index (χ2v) is 6.52. The Bertz CT molecular complexity index is 707. The van der Waals surface area contributed by atoms with Crippen molar-refractivity contribution in [2.24, 2.45) is 0 Å². The van der Waals surface area contributed by atoms with Gasteiger partial charge < -0.3 is 15.0 Å². The highest BCUT2D eigenvalue weighted by Gasteiger charge is 2.12. The van der Waals surface area contributed by atoms with E-state index in [1.807, 2.05) is 48.9 Å². The molecule has 0 fully saturated rings. The van der Waals surface area contributed by atoms with E-state index in [4.69, 9.17) is 22.1 Å². The Labute approximate surface area is 153 Å². The summed E-state index contributed by atoms with van der Waals surface area (Å²) in [5.74, 6) is 0.843. The first-order chi connectivity index (χ1) is 12.2. The van der Waals surface area contributed by atoms with Crippen molar-refractivity contribution >= 4 is 17.3 Å². The zero-order chi connectivity index (χ0) is 17.5. The number of nitrogens with two attached hydrogens (primary N) is 1. The predicted octanol–water partition coefficient (Wildman–Crippen LogP) is 4.59. The van der Waals surface area contributed by atoms with E-state index in [-0.39, 0.29) is 6.10 Å². The number of rotatable bonds is 8. The van der Waals surface area contributed by atoms with Crippen molar-refractivity contribution in [2.75, 3.05) is 5.73 Å². The van der Waals surface area contributed by atoms with E-state index in [1.165, 1.54) is 5.56 Å². The van der Waals surface area contributed by atoms with Gasteiger partial charge >= 0.3 is 0 Å². The normalized spacial score (nSPS) is 12.0. The van der Waals surface area contributed by atoms with Gasteiger partial charge in [0.15, 0.2) is 0 Å². The smallest absolute Gasteiger partial charge is 0.119 e. The summed E-state index contributed by atoms with van der Waals surface area (Å²) < 4.78 is 8.30. The highest BCUT2D eigenvalue weighted by Crippen LogP contribution is 2.20. The van der Waals surface area contributed by atoms with Crippen LogP contribution < -0.4 is 10.5 Å². The van der Waals surface area contributed by atoms with Gasteiger partial charge in [0, 0.05) is 36.1 Å². The van der Waals surface area contributed by atoms with Crippen LogP contribution >= 0.6 is 11.6 Å². The quantitative estimate of drug-likeness (QED) is 0.601. The first-order valence-electron chi connectivity index (χ1n) is 8.41. The highest BCUT2D eigenvalue weighted by atomic mass is 35.5. The monoisotopic (exact) mass is 355 g/mol. The van der Waals surface area contributed by atoms with E-state index < -0.39 is 0 Å². The molecule has 3 rings (SSSR count). The molecule has 0 amide bonds. The summed E-state index contributed by atoms with van der Waals surface area (Å²) in [7, 11) is 0.